The van der Waals surface area contributed by atoms with Crippen LogP contribution in [-0.2, 0) is 20.7 Å². The summed E-state index contributed by atoms with van der Waals surface area (Å²) in [6.07, 6.45) is 0.875. The van der Waals surface area contributed by atoms with Crippen LogP contribution in [0, 0.1) is 11.6 Å². The van der Waals surface area contributed by atoms with Crippen molar-refractivity contribution in [1.29, 1.82) is 0 Å². The van der Waals surface area contributed by atoms with E-state index < -0.39 is 34.2 Å². The van der Waals surface area contributed by atoms with E-state index in [1.54, 1.807) is 17.0 Å². The van der Waals surface area contributed by atoms with Crippen LogP contribution in [-0.4, -0.2) is 76.2 Å². The Morgan fingerprint density at radius 1 is 1.11 bits per heavy atom. The van der Waals surface area contributed by atoms with Crippen LogP contribution in [0.4, 0.5) is 8.78 Å². The van der Waals surface area contributed by atoms with Crippen molar-refractivity contribution >= 4 is 23.0 Å². The van der Waals surface area contributed by atoms with E-state index in [0.717, 1.165) is 12.0 Å². The van der Waals surface area contributed by atoms with Gasteiger partial charge in [-0.25, -0.2) is 8.78 Å². The lowest BCUT2D eigenvalue weighted by Gasteiger charge is -2.30. The molecule has 2 aromatic rings. The van der Waals surface area contributed by atoms with Crippen molar-refractivity contribution in [1.82, 2.24) is 15.5 Å². The van der Waals surface area contributed by atoms with Gasteiger partial charge in [0.2, 0.25) is 0 Å². The quantitative estimate of drug-likeness (QED) is 0.413. The van der Waals surface area contributed by atoms with Gasteiger partial charge in [-0.2, -0.15) is 0 Å². The molecule has 1 saturated carbocycles. The summed E-state index contributed by atoms with van der Waals surface area (Å²) in [5.74, 6) is -1.30. The van der Waals surface area contributed by atoms with Gasteiger partial charge in [0.25, 0.3) is 11.8 Å². The van der Waals surface area contributed by atoms with Gasteiger partial charge in [0, 0.05) is 36.7 Å². The number of carbonyl (C=O) groups is 2. The maximum absolute atomic E-state index is 13.4. The summed E-state index contributed by atoms with van der Waals surface area (Å²) >= 11 is -1.30. The van der Waals surface area contributed by atoms with Gasteiger partial charge in [-0.15, -0.1) is 0 Å². The third kappa shape index (κ3) is 5.27. The monoisotopic (exact) mass is 517 g/mol. The van der Waals surface area contributed by atoms with E-state index in [1.807, 2.05) is 0 Å². The van der Waals surface area contributed by atoms with Crippen LogP contribution in [0.15, 0.2) is 48.5 Å². The fourth-order valence-corrected chi connectivity index (χ4v) is 6.55. The molecule has 7 nitrogen and oxygen atoms in total. The molecule has 3 fully saturated rings. The molecule has 2 N–H and O–H groups in total. The lowest BCUT2D eigenvalue weighted by atomic mass is 10.1. The Morgan fingerprint density at radius 3 is 2.36 bits per heavy atom. The highest BCUT2D eigenvalue weighted by Crippen LogP contribution is 2.51. The molecule has 0 radical (unpaired) electrons. The zero-order valence-electron chi connectivity index (χ0n) is 19.9. The van der Waals surface area contributed by atoms with Gasteiger partial charge in [0.15, 0.2) is 16.5 Å². The van der Waals surface area contributed by atoms with Crippen molar-refractivity contribution in [2.45, 2.75) is 41.3 Å². The van der Waals surface area contributed by atoms with Gasteiger partial charge in [-0.1, -0.05) is 12.1 Å². The second kappa shape index (κ2) is 10.1. The zero-order chi connectivity index (χ0) is 25.4. The number of ether oxygens (including phenoxy) is 1. The summed E-state index contributed by atoms with van der Waals surface area (Å²) in [5.41, 5.74) is 1.08. The average molecular weight is 518 g/mol. The van der Waals surface area contributed by atoms with Crippen LogP contribution in [0.5, 0.6) is 0 Å². The van der Waals surface area contributed by atoms with Crippen LogP contribution < -0.4 is 10.6 Å². The summed E-state index contributed by atoms with van der Waals surface area (Å²) < 4.78 is 44.9. The molecular formula is C26H29F2N3O4S. The van der Waals surface area contributed by atoms with E-state index in [9.17, 15) is 22.9 Å². The second-order valence-electron chi connectivity index (χ2n) is 9.83. The first-order valence-corrected chi connectivity index (χ1v) is 13.4. The molecule has 0 spiro atoms. The maximum Gasteiger partial charge on any atom is 0.252 e. The first kappa shape index (κ1) is 25.1. The number of rotatable bonds is 8. The van der Waals surface area contributed by atoms with E-state index in [-0.39, 0.29) is 34.0 Å². The summed E-state index contributed by atoms with van der Waals surface area (Å²) in [6, 6.07) is 10.6. The molecule has 2 aliphatic heterocycles. The molecular weight excluding hydrogens is 488 g/mol. The average Bonchev–Trinajstić information content (AvgIpc) is 3.76. The first-order valence-electron chi connectivity index (χ1n) is 12.1. The van der Waals surface area contributed by atoms with Crippen LogP contribution in [0.1, 0.15) is 35.2 Å². The topological polar surface area (TPSA) is 93.7 Å². The molecule has 2 aromatic carbocycles. The minimum absolute atomic E-state index is 0.198. The summed E-state index contributed by atoms with van der Waals surface area (Å²) in [6.45, 7) is 4.14. The number of benzene rings is 2. The highest BCUT2D eigenvalue weighted by molar-refractivity contribution is 8.00. The van der Waals surface area contributed by atoms with Crippen LogP contribution in [0.25, 0.3) is 0 Å². The molecule has 10 heteroatoms. The smallest absolute Gasteiger partial charge is 0.252 e. The lowest BCUT2D eigenvalue weighted by Crippen LogP contribution is -2.55. The van der Waals surface area contributed by atoms with Crippen molar-refractivity contribution in [3.63, 3.8) is 0 Å². The predicted octanol–water partition coefficient (Wildman–Crippen LogP) is 1.96. The van der Waals surface area contributed by atoms with Crippen molar-refractivity contribution in [2.24, 2.45) is 0 Å². The largest absolute Gasteiger partial charge is 0.616 e. The molecule has 2 heterocycles. The molecule has 1 aliphatic carbocycles. The molecule has 0 bridgehead atoms. The number of morpholine rings is 1. The minimum Gasteiger partial charge on any atom is -0.616 e. The Hall–Kier alpha value is -2.53. The van der Waals surface area contributed by atoms with E-state index >= 15 is 0 Å². The molecule has 192 valence electrons. The molecule has 36 heavy (non-hydrogen) atoms. The first-order chi connectivity index (χ1) is 17.3. The Bertz CT molecular complexity index is 1110. The summed E-state index contributed by atoms with van der Waals surface area (Å²) in [4.78, 5) is 27.9. The third-order valence-electron chi connectivity index (χ3n) is 7.38. The standard InChI is InChI=1S/C26H29F2N3O4S/c1-26(14-20(26)16-2-6-18(27)7-3-16)29-15-21-23(36(21)34)22(25(33)31-10-12-35-13-11-31)30-24(32)17-4-8-19(28)9-5-17/h2-9,20-23,29H,10-15H2,1H3,(H,30,32)/t20-,21?,22-,23-,26+,36?/m0/s1. The Morgan fingerprint density at radius 2 is 1.72 bits per heavy atom. The molecule has 5 rings (SSSR count). The molecule has 0 aromatic heterocycles. The second-order valence-corrected chi connectivity index (χ2v) is 11.6. The van der Waals surface area contributed by atoms with Gasteiger partial charge in [-0.05, 0) is 66.5 Å². The van der Waals surface area contributed by atoms with Crippen molar-refractivity contribution in [3.8, 4) is 0 Å². The van der Waals surface area contributed by atoms with E-state index in [4.69, 9.17) is 4.74 Å². The van der Waals surface area contributed by atoms with E-state index in [0.29, 0.717) is 32.8 Å². The fraction of sp³-hybridized carbons (Fsp3) is 0.462. The number of amides is 2. The Kier molecular flexibility index (Phi) is 7.04. The Balaban J connectivity index is 1.25. The molecule has 2 unspecified atom stereocenters. The third-order valence-corrected chi connectivity index (χ3v) is 9.26. The summed E-state index contributed by atoms with van der Waals surface area (Å²) in [5, 5.41) is 5.46. The van der Waals surface area contributed by atoms with Crippen molar-refractivity contribution in [3.05, 3.63) is 71.3 Å². The van der Waals surface area contributed by atoms with E-state index in [2.05, 4.69) is 17.6 Å². The minimum atomic E-state index is -1.30. The molecule has 3 aliphatic rings. The Labute approximate surface area is 211 Å². The number of halogens is 2. The molecule has 2 amide bonds. The maximum atomic E-state index is 13.4. The van der Waals surface area contributed by atoms with Crippen LogP contribution in [0.2, 0.25) is 0 Å². The SMILES string of the molecule is C[C@@]1(NCC2[C@@H]([C@H](NC(=O)c3ccc(F)cc3)C(=O)N3CCOCC3)[S+]2[O-])C[C@H]1c1ccc(F)cc1. The number of carbonyl (C=O) groups excluding carboxylic acids is 2. The van der Waals surface area contributed by atoms with Crippen LogP contribution in [0.3, 0.4) is 0 Å². The molecule has 6 atom stereocenters. The van der Waals surface area contributed by atoms with Gasteiger partial charge < -0.3 is 24.8 Å². The fourth-order valence-electron chi connectivity index (χ4n) is 4.96. The number of hydrogen-bond acceptors (Lipinski definition) is 5. The van der Waals surface area contributed by atoms with Gasteiger partial charge in [0.1, 0.15) is 11.6 Å². The summed E-state index contributed by atoms with van der Waals surface area (Å²) in [7, 11) is 0. The number of hydrogen-bond donors (Lipinski definition) is 2. The predicted molar refractivity (Wildman–Crippen MR) is 131 cm³/mol. The highest BCUT2D eigenvalue weighted by atomic mass is 32.2. The van der Waals surface area contributed by atoms with Crippen molar-refractivity contribution in [2.75, 3.05) is 32.8 Å². The van der Waals surface area contributed by atoms with Gasteiger partial charge >= 0.3 is 0 Å². The number of nitrogens with one attached hydrogen (secondary N) is 2. The van der Waals surface area contributed by atoms with Crippen LogP contribution >= 0.6 is 0 Å². The highest BCUT2D eigenvalue weighted by Gasteiger charge is 2.64. The zero-order valence-corrected chi connectivity index (χ0v) is 20.7. The normalized spacial score (nSPS) is 29.9. The number of nitrogens with zero attached hydrogens (tertiary/aromatic N) is 1. The van der Waals surface area contributed by atoms with Gasteiger partial charge in [0.05, 0.1) is 13.2 Å². The van der Waals surface area contributed by atoms with Crippen molar-refractivity contribution < 1.29 is 27.7 Å². The lowest BCUT2D eigenvalue weighted by molar-refractivity contribution is -0.137. The van der Waals surface area contributed by atoms with Gasteiger partial charge in [-0.3, -0.25) is 9.59 Å². The molecule has 2 saturated heterocycles. The van der Waals surface area contributed by atoms with E-state index in [1.165, 1.54) is 36.4 Å².